The number of nitrogens with zero attached hydrogens (tertiary/aromatic N) is 4. The van der Waals surface area contributed by atoms with Crippen molar-refractivity contribution in [1.29, 1.82) is 0 Å². The van der Waals surface area contributed by atoms with Crippen molar-refractivity contribution in [3.8, 4) is 11.5 Å². The summed E-state index contributed by atoms with van der Waals surface area (Å²) < 4.78 is 5.29. The lowest BCUT2D eigenvalue weighted by Gasteiger charge is -2.37. The summed E-state index contributed by atoms with van der Waals surface area (Å²) in [6.45, 7) is 3.43. The first-order chi connectivity index (χ1) is 10.3. The number of pyridine rings is 1. The average Bonchev–Trinajstić information content (AvgIpc) is 2.94. The number of aromatic nitrogens is 3. The largest absolute Gasteiger partial charge is 0.341 e. The van der Waals surface area contributed by atoms with Gasteiger partial charge in [-0.25, -0.2) is 0 Å². The fourth-order valence-corrected chi connectivity index (χ4v) is 2.32. The van der Waals surface area contributed by atoms with Crippen LogP contribution in [0.2, 0.25) is 0 Å². The number of likely N-dealkylation sites (tertiary alicyclic amines) is 1. The first-order valence-electron chi connectivity index (χ1n) is 7.30. The molecule has 3 heterocycles. The molecule has 21 heavy (non-hydrogen) atoms. The van der Waals surface area contributed by atoms with E-state index < -0.39 is 0 Å². The molecule has 0 spiro atoms. The van der Waals surface area contributed by atoms with Crippen molar-refractivity contribution in [3.05, 3.63) is 30.3 Å². The second kappa shape index (κ2) is 6.03. The van der Waals surface area contributed by atoms with E-state index in [0.717, 1.165) is 12.8 Å². The number of amides is 1. The third-order valence-corrected chi connectivity index (χ3v) is 3.66. The standard InChI is InChI=1S/C15H18N4O2/c1-2-3-7-13(20)19-9-11(10-19)15-17-14(18-21-15)12-6-4-5-8-16-12/h4-6,8,11H,2-3,7,9-10H2,1H3. The molecule has 0 bridgehead atoms. The molecule has 6 nitrogen and oxygen atoms in total. The third kappa shape index (κ3) is 2.94. The highest BCUT2D eigenvalue weighted by atomic mass is 16.5. The Labute approximate surface area is 123 Å². The Hall–Kier alpha value is -2.24. The zero-order chi connectivity index (χ0) is 14.7. The molecule has 2 aromatic rings. The summed E-state index contributed by atoms with van der Waals surface area (Å²) in [4.78, 5) is 22.3. The van der Waals surface area contributed by atoms with Crippen LogP contribution in [0.1, 0.15) is 38.0 Å². The Morgan fingerprint density at radius 2 is 2.29 bits per heavy atom. The highest BCUT2D eigenvalue weighted by molar-refractivity contribution is 5.77. The molecule has 0 aliphatic carbocycles. The second-order valence-corrected chi connectivity index (χ2v) is 5.27. The van der Waals surface area contributed by atoms with Gasteiger partial charge >= 0.3 is 0 Å². The molecule has 1 aliphatic rings. The lowest BCUT2D eigenvalue weighted by atomic mass is 9.99. The molecule has 1 fully saturated rings. The molecule has 0 saturated carbocycles. The number of hydrogen-bond acceptors (Lipinski definition) is 5. The van der Waals surface area contributed by atoms with Crippen molar-refractivity contribution in [2.24, 2.45) is 0 Å². The number of carbonyl (C=O) groups excluding carboxylic acids is 1. The Morgan fingerprint density at radius 1 is 1.43 bits per heavy atom. The molecule has 0 aromatic carbocycles. The molecule has 6 heteroatoms. The monoisotopic (exact) mass is 286 g/mol. The lowest BCUT2D eigenvalue weighted by molar-refractivity contribution is -0.136. The van der Waals surface area contributed by atoms with Crippen LogP contribution in [0.5, 0.6) is 0 Å². The predicted octanol–water partition coefficient (Wildman–Crippen LogP) is 2.25. The van der Waals surface area contributed by atoms with Gasteiger partial charge in [0.2, 0.25) is 17.6 Å². The number of carbonyl (C=O) groups is 1. The van der Waals surface area contributed by atoms with Crippen LogP contribution in [0.25, 0.3) is 11.5 Å². The van der Waals surface area contributed by atoms with Gasteiger partial charge in [0.25, 0.3) is 0 Å². The van der Waals surface area contributed by atoms with Gasteiger partial charge in [0.1, 0.15) is 5.69 Å². The Kier molecular flexibility index (Phi) is 3.94. The van der Waals surface area contributed by atoms with Crippen LogP contribution >= 0.6 is 0 Å². The minimum absolute atomic E-state index is 0.153. The van der Waals surface area contributed by atoms with Crippen LogP contribution in [0.3, 0.4) is 0 Å². The fraction of sp³-hybridized carbons (Fsp3) is 0.467. The maximum atomic E-state index is 11.8. The van der Waals surface area contributed by atoms with Crippen LogP contribution in [0.4, 0.5) is 0 Å². The quantitative estimate of drug-likeness (QED) is 0.843. The molecule has 2 aromatic heterocycles. The summed E-state index contributed by atoms with van der Waals surface area (Å²) in [6, 6.07) is 5.57. The highest BCUT2D eigenvalue weighted by Gasteiger charge is 2.35. The van der Waals surface area contributed by atoms with Crippen LogP contribution in [-0.4, -0.2) is 39.0 Å². The van der Waals surface area contributed by atoms with Gasteiger partial charge in [-0.1, -0.05) is 24.6 Å². The maximum Gasteiger partial charge on any atom is 0.233 e. The van der Waals surface area contributed by atoms with E-state index in [-0.39, 0.29) is 11.8 Å². The summed E-state index contributed by atoms with van der Waals surface area (Å²) in [7, 11) is 0. The van der Waals surface area contributed by atoms with Crippen LogP contribution in [-0.2, 0) is 4.79 Å². The topological polar surface area (TPSA) is 72.1 Å². The number of hydrogen-bond donors (Lipinski definition) is 0. The van der Waals surface area contributed by atoms with Crippen molar-refractivity contribution in [1.82, 2.24) is 20.0 Å². The van der Waals surface area contributed by atoms with Crippen molar-refractivity contribution in [2.45, 2.75) is 32.1 Å². The summed E-state index contributed by atoms with van der Waals surface area (Å²) in [5.74, 6) is 1.47. The predicted molar refractivity (Wildman–Crippen MR) is 76.4 cm³/mol. The average molecular weight is 286 g/mol. The molecule has 3 rings (SSSR count). The van der Waals surface area contributed by atoms with Gasteiger partial charge in [0, 0.05) is 25.7 Å². The van der Waals surface area contributed by atoms with Crippen molar-refractivity contribution >= 4 is 5.91 Å². The van der Waals surface area contributed by atoms with E-state index in [1.54, 1.807) is 6.20 Å². The van der Waals surface area contributed by atoms with Gasteiger partial charge in [-0.3, -0.25) is 9.78 Å². The summed E-state index contributed by atoms with van der Waals surface area (Å²) in [6.07, 6.45) is 4.32. The van der Waals surface area contributed by atoms with Crippen LogP contribution in [0, 0.1) is 0 Å². The van der Waals surface area contributed by atoms with Crippen LogP contribution in [0.15, 0.2) is 28.9 Å². The van der Waals surface area contributed by atoms with Gasteiger partial charge in [-0.2, -0.15) is 4.98 Å². The van der Waals surface area contributed by atoms with Gasteiger partial charge in [-0.15, -0.1) is 0 Å². The highest BCUT2D eigenvalue weighted by Crippen LogP contribution is 2.27. The lowest BCUT2D eigenvalue weighted by Crippen LogP contribution is -2.48. The van der Waals surface area contributed by atoms with Crippen molar-refractivity contribution in [2.75, 3.05) is 13.1 Å². The molecular weight excluding hydrogens is 268 g/mol. The van der Waals surface area contributed by atoms with Crippen molar-refractivity contribution in [3.63, 3.8) is 0 Å². The second-order valence-electron chi connectivity index (χ2n) is 5.27. The fourth-order valence-electron chi connectivity index (χ4n) is 2.32. The van der Waals surface area contributed by atoms with Gasteiger partial charge in [0.15, 0.2) is 0 Å². The van der Waals surface area contributed by atoms with E-state index in [1.807, 2.05) is 23.1 Å². The Bertz CT molecular complexity index is 605. The van der Waals surface area contributed by atoms with E-state index in [1.165, 1.54) is 0 Å². The Balaban J connectivity index is 1.58. The van der Waals surface area contributed by atoms with Crippen LogP contribution < -0.4 is 0 Å². The van der Waals surface area contributed by atoms with E-state index in [9.17, 15) is 4.79 Å². The third-order valence-electron chi connectivity index (χ3n) is 3.66. The minimum atomic E-state index is 0.153. The first-order valence-corrected chi connectivity index (χ1v) is 7.30. The molecule has 1 amide bonds. The summed E-state index contributed by atoms with van der Waals surface area (Å²) in [5, 5.41) is 3.96. The molecule has 0 N–H and O–H groups in total. The SMILES string of the molecule is CCCCC(=O)N1CC(c2nc(-c3ccccn3)no2)C1. The Morgan fingerprint density at radius 3 is 3.00 bits per heavy atom. The van der Waals surface area contributed by atoms with E-state index in [2.05, 4.69) is 22.0 Å². The molecule has 110 valence electrons. The van der Waals surface area contributed by atoms with Crippen molar-refractivity contribution < 1.29 is 9.32 Å². The zero-order valence-corrected chi connectivity index (χ0v) is 12.0. The molecule has 0 atom stereocenters. The summed E-state index contributed by atoms with van der Waals surface area (Å²) >= 11 is 0. The minimum Gasteiger partial charge on any atom is -0.341 e. The van der Waals surface area contributed by atoms with E-state index in [0.29, 0.717) is 36.9 Å². The smallest absolute Gasteiger partial charge is 0.233 e. The normalized spacial score (nSPS) is 15.0. The molecular formula is C15H18N4O2. The maximum absolute atomic E-state index is 11.8. The van der Waals surface area contributed by atoms with E-state index in [4.69, 9.17) is 4.52 Å². The zero-order valence-electron chi connectivity index (χ0n) is 12.0. The van der Waals surface area contributed by atoms with E-state index >= 15 is 0 Å². The van der Waals surface area contributed by atoms with Gasteiger partial charge in [0.05, 0.1) is 5.92 Å². The van der Waals surface area contributed by atoms with Gasteiger partial charge < -0.3 is 9.42 Å². The first kappa shape index (κ1) is 13.7. The number of unbranched alkanes of at least 4 members (excludes halogenated alkanes) is 1. The molecule has 0 unspecified atom stereocenters. The molecule has 1 aliphatic heterocycles. The number of rotatable bonds is 5. The summed E-state index contributed by atoms with van der Waals surface area (Å²) in [5.41, 5.74) is 0.697. The molecule has 0 radical (unpaired) electrons. The molecule has 1 saturated heterocycles. The van der Waals surface area contributed by atoms with Gasteiger partial charge in [-0.05, 0) is 18.6 Å².